The van der Waals surface area contributed by atoms with Gasteiger partial charge in [-0.1, -0.05) is 44.2 Å². The molecule has 0 saturated heterocycles. The summed E-state index contributed by atoms with van der Waals surface area (Å²) < 4.78 is 0. The lowest BCUT2D eigenvalue weighted by Gasteiger charge is -2.26. The summed E-state index contributed by atoms with van der Waals surface area (Å²) in [5.74, 6) is -0.371. The smallest absolute Gasteiger partial charge is 0.293 e. The van der Waals surface area contributed by atoms with E-state index in [-0.39, 0.29) is 29.6 Å². The maximum Gasteiger partial charge on any atom is 0.293 e. The Balaban J connectivity index is 0.00000392. The van der Waals surface area contributed by atoms with Gasteiger partial charge in [0.1, 0.15) is 5.69 Å². The Morgan fingerprint density at radius 2 is 1.79 bits per heavy atom. The number of carbonyl (C=O) groups is 1. The zero-order valence-corrected chi connectivity index (χ0v) is 16.9. The molecule has 0 heterocycles. The largest absolute Gasteiger partial charge is 0.375 e. The zero-order valence-electron chi connectivity index (χ0n) is 16.1. The minimum Gasteiger partial charge on any atom is -0.375 e. The summed E-state index contributed by atoms with van der Waals surface area (Å²) in [6.45, 7) is 4.71. The number of benzene rings is 2. The second-order valence-corrected chi connectivity index (χ2v) is 6.58. The summed E-state index contributed by atoms with van der Waals surface area (Å²) in [5.41, 5.74) is 7.19. The molecule has 2 aromatic carbocycles. The number of anilines is 1. The van der Waals surface area contributed by atoms with E-state index in [1.54, 1.807) is 12.1 Å². The molecule has 152 valence electrons. The number of nitrogens with zero attached hydrogens (tertiary/aromatic N) is 1. The summed E-state index contributed by atoms with van der Waals surface area (Å²) in [7, 11) is 0. The highest BCUT2D eigenvalue weighted by Gasteiger charge is 2.22. The monoisotopic (exact) mass is 406 g/mol. The van der Waals surface area contributed by atoms with Crippen LogP contribution in [0.15, 0.2) is 48.5 Å². The Morgan fingerprint density at radius 3 is 2.36 bits per heavy atom. The molecule has 0 saturated carbocycles. The standard InChI is InChI=1S/C20H26N4O3.ClH/c1-3-20(21,4-2)14-23-19(25)16-10-11-17(18(12-16)24(26)27)22-13-15-8-6-5-7-9-15;/h5-12,22H,3-4,13-14,21H2,1-2H3,(H,23,25);1H. The highest BCUT2D eigenvalue weighted by atomic mass is 35.5. The van der Waals surface area contributed by atoms with E-state index in [1.165, 1.54) is 6.07 Å². The van der Waals surface area contributed by atoms with Crippen LogP contribution in [0.5, 0.6) is 0 Å². The Labute approximate surface area is 171 Å². The quantitative estimate of drug-likeness (QED) is 0.432. The zero-order chi connectivity index (χ0) is 19.9. The molecule has 0 aliphatic carbocycles. The van der Waals surface area contributed by atoms with E-state index in [9.17, 15) is 14.9 Å². The van der Waals surface area contributed by atoms with E-state index in [0.29, 0.717) is 18.8 Å². The number of amides is 1. The Kier molecular flexibility index (Phi) is 8.88. The predicted molar refractivity (Wildman–Crippen MR) is 114 cm³/mol. The average molecular weight is 407 g/mol. The van der Waals surface area contributed by atoms with Gasteiger partial charge in [-0.15, -0.1) is 12.4 Å². The molecule has 0 atom stereocenters. The average Bonchev–Trinajstić information content (AvgIpc) is 2.70. The van der Waals surface area contributed by atoms with Crippen LogP contribution < -0.4 is 16.4 Å². The molecule has 7 nitrogen and oxygen atoms in total. The van der Waals surface area contributed by atoms with Gasteiger partial charge in [0.25, 0.3) is 11.6 Å². The fourth-order valence-electron chi connectivity index (χ4n) is 2.62. The van der Waals surface area contributed by atoms with Crippen molar-refractivity contribution in [2.24, 2.45) is 5.73 Å². The summed E-state index contributed by atoms with van der Waals surface area (Å²) in [6.07, 6.45) is 1.46. The second-order valence-electron chi connectivity index (χ2n) is 6.58. The summed E-state index contributed by atoms with van der Waals surface area (Å²) in [6, 6.07) is 14.0. The van der Waals surface area contributed by atoms with Crippen molar-refractivity contribution in [3.63, 3.8) is 0 Å². The first-order valence-electron chi connectivity index (χ1n) is 9.02. The molecule has 0 unspecified atom stereocenters. The molecular weight excluding hydrogens is 380 g/mol. The summed E-state index contributed by atoms with van der Waals surface area (Å²) in [4.78, 5) is 23.3. The number of hydrogen-bond acceptors (Lipinski definition) is 5. The van der Waals surface area contributed by atoms with Crippen LogP contribution in [0.1, 0.15) is 42.6 Å². The van der Waals surface area contributed by atoms with Crippen molar-refractivity contribution in [2.45, 2.75) is 38.8 Å². The van der Waals surface area contributed by atoms with Crippen LogP contribution in [0.25, 0.3) is 0 Å². The van der Waals surface area contributed by atoms with Crippen LogP contribution in [-0.4, -0.2) is 22.9 Å². The second kappa shape index (κ2) is 10.6. The van der Waals surface area contributed by atoms with Gasteiger partial charge in [-0.05, 0) is 30.5 Å². The number of nitrogens with one attached hydrogen (secondary N) is 2. The third-order valence-corrected chi connectivity index (χ3v) is 4.79. The molecule has 4 N–H and O–H groups in total. The first kappa shape index (κ1) is 23.4. The molecule has 0 spiro atoms. The van der Waals surface area contributed by atoms with Crippen molar-refractivity contribution >= 4 is 29.7 Å². The molecule has 2 rings (SSSR count). The molecule has 28 heavy (non-hydrogen) atoms. The lowest BCUT2D eigenvalue weighted by atomic mass is 9.94. The van der Waals surface area contributed by atoms with Crippen molar-refractivity contribution < 1.29 is 9.72 Å². The Morgan fingerprint density at radius 1 is 1.14 bits per heavy atom. The minimum absolute atomic E-state index is 0. The van der Waals surface area contributed by atoms with E-state index in [4.69, 9.17) is 5.73 Å². The first-order valence-corrected chi connectivity index (χ1v) is 9.02. The van der Waals surface area contributed by atoms with Gasteiger partial charge in [0.15, 0.2) is 0 Å². The number of carbonyl (C=O) groups excluding carboxylic acids is 1. The SMILES string of the molecule is CCC(N)(CC)CNC(=O)c1ccc(NCc2ccccc2)c([N+](=O)[O-])c1.Cl. The lowest BCUT2D eigenvalue weighted by Crippen LogP contribution is -2.49. The maximum atomic E-state index is 12.4. The van der Waals surface area contributed by atoms with Crippen molar-refractivity contribution in [3.8, 4) is 0 Å². The van der Waals surface area contributed by atoms with Crippen molar-refractivity contribution in [1.82, 2.24) is 5.32 Å². The molecule has 0 fully saturated rings. The van der Waals surface area contributed by atoms with Gasteiger partial charge in [-0.25, -0.2) is 0 Å². The Hall–Kier alpha value is -2.64. The third kappa shape index (κ3) is 6.21. The van der Waals surface area contributed by atoms with Crippen LogP contribution in [0.3, 0.4) is 0 Å². The molecule has 0 radical (unpaired) electrons. The normalized spacial score (nSPS) is 10.7. The molecule has 1 amide bonds. The van der Waals surface area contributed by atoms with Gasteiger partial charge in [-0.2, -0.15) is 0 Å². The molecule has 8 heteroatoms. The molecule has 0 aliphatic heterocycles. The van der Waals surface area contributed by atoms with Crippen LogP contribution in [0.4, 0.5) is 11.4 Å². The molecule has 0 aromatic heterocycles. The summed E-state index contributed by atoms with van der Waals surface area (Å²) in [5, 5.41) is 17.3. The number of nitrogens with two attached hydrogens (primary N) is 1. The topological polar surface area (TPSA) is 110 Å². The van der Waals surface area contributed by atoms with Crippen LogP contribution in [0.2, 0.25) is 0 Å². The van der Waals surface area contributed by atoms with Gasteiger partial charge < -0.3 is 16.4 Å². The van der Waals surface area contributed by atoms with Crippen LogP contribution in [0, 0.1) is 10.1 Å². The van der Waals surface area contributed by atoms with Gasteiger partial charge >= 0.3 is 0 Å². The number of hydrogen-bond donors (Lipinski definition) is 3. The van der Waals surface area contributed by atoms with Crippen molar-refractivity contribution in [2.75, 3.05) is 11.9 Å². The minimum atomic E-state index is -0.491. The van der Waals surface area contributed by atoms with E-state index in [0.717, 1.165) is 18.4 Å². The Bertz CT molecular complexity index is 795. The van der Waals surface area contributed by atoms with Gasteiger partial charge in [0.05, 0.1) is 4.92 Å². The number of rotatable bonds is 9. The maximum absolute atomic E-state index is 12.4. The van der Waals surface area contributed by atoms with Crippen LogP contribution in [-0.2, 0) is 6.54 Å². The third-order valence-electron chi connectivity index (χ3n) is 4.79. The fourth-order valence-corrected chi connectivity index (χ4v) is 2.62. The first-order chi connectivity index (χ1) is 12.9. The molecule has 2 aromatic rings. The van der Waals surface area contributed by atoms with Gasteiger partial charge in [0, 0.05) is 30.3 Å². The number of nitro benzene ring substituents is 1. The van der Waals surface area contributed by atoms with E-state index >= 15 is 0 Å². The van der Waals surface area contributed by atoms with Gasteiger partial charge in [0.2, 0.25) is 0 Å². The van der Waals surface area contributed by atoms with E-state index in [1.807, 2.05) is 44.2 Å². The van der Waals surface area contributed by atoms with E-state index in [2.05, 4.69) is 10.6 Å². The molecule has 0 bridgehead atoms. The lowest BCUT2D eigenvalue weighted by molar-refractivity contribution is -0.384. The van der Waals surface area contributed by atoms with E-state index < -0.39 is 10.5 Å². The molecule has 0 aliphatic rings. The number of halogens is 1. The van der Waals surface area contributed by atoms with Crippen molar-refractivity contribution in [3.05, 3.63) is 69.8 Å². The molecular formula is C20H27ClN4O3. The predicted octanol–water partition coefficient (Wildman–Crippen LogP) is 3.88. The van der Waals surface area contributed by atoms with Crippen LogP contribution >= 0.6 is 12.4 Å². The van der Waals surface area contributed by atoms with Crippen molar-refractivity contribution in [1.29, 1.82) is 0 Å². The van der Waals surface area contributed by atoms with Gasteiger partial charge in [-0.3, -0.25) is 14.9 Å². The fraction of sp³-hybridized carbons (Fsp3) is 0.350. The highest BCUT2D eigenvalue weighted by Crippen LogP contribution is 2.26. The summed E-state index contributed by atoms with van der Waals surface area (Å²) >= 11 is 0. The number of nitro groups is 1. The highest BCUT2D eigenvalue weighted by molar-refractivity contribution is 5.95.